The number of hydrogen-bond acceptors (Lipinski definition) is 3. The van der Waals surface area contributed by atoms with E-state index in [-0.39, 0.29) is 29.4 Å². The first-order chi connectivity index (χ1) is 9.12. The SMILES string of the molecule is CC1(C)[C@H]2CC[C@@]1(C)[C@@H](OC(=O)C[N+](C)(C)CC#N)C2. The summed E-state index contributed by atoms with van der Waals surface area (Å²) in [4.78, 5) is 12.2. The summed E-state index contributed by atoms with van der Waals surface area (Å²) in [6.07, 6.45) is 3.46. The van der Waals surface area contributed by atoms with E-state index in [1.807, 2.05) is 14.1 Å². The molecule has 20 heavy (non-hydrogen) atoms. The molecule has 0 aromatic carbocycles. The van der Waals surface area contributed by atoms with Crippen molar-refractivity contribution in [2.45, 2.75) is 46.1 Å². The lowest BCUT2D eigenvalue weighted by Crippen LogP contribution is -2.46. The van der Waals surface area contributed by atoms with E-state index in [1.165, 1.54) is 6.42 Å². The zero-order valence-electron chi connectivity index (χ0n) is 13.4. The highest BCUT2D eigenvalue weighted by atomic mass is 16.5. The second kappa shape index (κ2) is 4.73. The minimum atomic E-state index is -0.167. The van der Waals surface area contributed by atoms with Gasteiger partial charge in [0, 0.05) is 5.41 Å². The topological polar surface area (TPSA) is 50.1 Å². The first-order valence-electron chi connectivity index (χ1n) is 7.51. The Morgan fingerprint density at radius 1 is 1.40 bits per heavy atom. The molecular weight excluding hydrogens is 252 g/mol. The van der Waals surface area contributed by atoms with E-state index >= 15 is 0 Å². The number of nitriles is 1. The molecule has 2 fully saturated rings. The highest BCUT2D eigenvalue weighted by Crippen LogP contribution is 2.66. The third-order valence-electron chi connectivity index (χ3n) is 6.04. The molecule has 0 aliphatic heterocycles. The van der Waals surface area contributed by atoms with Gasteiger partial charge in [-0.3, -0.25) is 0 Å². The zero-order valence-corrected chi connectivity index (χ0v) is 13.4. The molecule has 0 N–H and O–H groups in total. The number of esters is 1. The summed E-state index contributed by atoms with van der Waals surface area (Å²) in [5.74, 6) is 0.506. The van der Waals surface area contributed by atoms with E-state index in [4.69, 9.17) is 10.00 Å². The number of hydrogen-bond donors (Lipinski definition) is 0. The lowest BCUT2D eigenvalue weighted by atomic mass is 9.70. The molecule has 4 nitrogen and oxygen atoms in total. The van der Waals surface area contributed by atoms with Crippen molar-refractivity contribution >= 4 is 5.97 Å². The van der Waals surface area contributed by atoms with Gasteiger partial charge in [-0.25, -0.2) is 4.79 Å². The highest BCUT2D eigenvalue weighted by Gasteiger charge is 2.62. The largest absolute Gasteiger partial charge is 0.458 e. The van der Waals surface area contributed by atoms with Gasteiger partial charge in [0.15, 0.2) is 13.1 Å². The summed E-state index contributed by atoms with van der Waals surface area (Å²) in [5, 5.41) is 8.78. The van der Waals surface area contributed by atoms with Crippen LogP contribution in [0.4, 0.5) is 0 Å². The van der Waals surface area contributed by atoms with Crippen molar-refractivity contribution in [3.63, 3.8) is 0 Å². The number of fused-ring (bicyclic) bond motifs is 2. The maximum atomic E-state index is 12.2. The summed E-state index contributed by atoms with van der Waals surface area (Å²) >= 11 is 0. The van der Waals surface area contributed by atoms with Gasteiger partial charge in [-0.2, -0.15) is 5.26 Å². The van der Waals surface area contributed by atoms with E-state index in [0.717, 1.165) is 12.8 Å². The molecule has 0 aromatic heterocycles. The molecule has 0 unspecified atom stereocenters. The normalized spacial score (nSPS) is 34.8. The maximum Gasteiger partial charge on any atom is 0.362 e. The lowest BCUT2D eigenvalue weighted by Gasteiger charge is -2.38. The molecular formula is C16H27N2O2+. The smallest absolute Gasteiger partial charge is 0.362 e. The summed E-state index contributed by atoms with van der Waals surface area (Å²) in [7, 11) is 3.77. The molecule has 3 atom stereocenters. The van der Waals surface area contributed by atoms with E-state index in [1.54, 1.807) is 0 Å². The number of ether oxygens (including phenoxy) is 1. The Labute approximate surface area is 122 Å². The van der Waals surface area contributed by atoms with Crippen LogP contribution in [0.3, 0.4) is 0 Å². The lowest BCUT2D eigenvalue weighted by molar-refractivity contribution is -0.876. The minimum Gasteiger partial charge on any atom is -0.458 e. The molecule has 0 heterocycles. The van der Waals surface area contributed by atoms with Crippen LogP contribution in [-0.4, -0.2) is 43.7 Å². The Bertz CT molecular complexity index is 450. The molecule has 2 aliphatic rings. The van der Waals surface area contributed by atoms with Crippen LogP contribution in [0.5, 0.6) is 0 Å². The van der Waals surface area contributed by atoms with Gasteiger partial charge in [0.25, 0.3) is 0 Å². The van der Waals surface area contributed by atoms with Gasteiger partial charge in [-0.1, -0.05) is 20.8 Å². The van der Waals surface area contributed by atoms with Crippen LogP contribution in [0.1, 0.15) is 40.0 Å². The van der Waals surface area contributed by atoms with Gasteiger partial charge in [0.2, 0.25) is 0 Å². The standard InChI is InChI=1S/C16H27N2O2/c1-15(2)12-6-7-16(15,3)13(10-12)20-14(19)11-18(4,5)9-8-17/h12-13H,6-7,9-11H2,1-5H3/q+1/t12-,13-,16-/m0/s1. The molecule has 0 aromatic rings. The zero-order chi connectivity index (χ0) is 15.2. The summed E-state index contributed by atoms with van der Waals surface area (Å²) < 4.78 is 6.17. The Kier molecular flexibility index (Phi) is 3.62. The monoisotopic (exact) mass is 279 g/mol. The average molecular weight is 279 g/mol. The molecule has 0 saturated heterocycles. The summed E-state index contributed by atoms with van der Waals surface area (Å²) in [5.41, 5.74) is 0.370. The number of quaternary nitrogens is 1. The quantitative estimate of drug-likeness (QED) is 0.451. The second-order valence-corrected chi connectivity index (χ2v) is 8.00. The maximum absolute atomic E-state index is 12.2. The highest BCUT2D eigenvalue weighted by molar-refractivity contribution is 5.71. The molecule has 2 bridgehead atoms. The van der Waals surface area contributed by atoms with Gasteiger partial charge in [0.1, 0.15) is 12.2 Å². The van der Waals surface area contributed by atoms with Crippen LogP contribution in [0.15, 0.2) is 0 Å². The number of likely N-dealkylation sites (N-methyl/N-ethyl adjacent to an activating group) is 1. The molecule has 2 aliphatic carbocycles. The first-order valence-corrected chi connectivity index (χ1v) is 7.51. The van der Waals surface area contributed by atoms with E-state index in [2.05, 4.69) is 26.8 Å². The molecule has 2 rings (SSSR count). The molecule has 112 valence electrons. The van der Waals surface area contributed by atoms with Gasteiger partial charge < -0.3 is 9.22 Å². The van der Waals surface area contributed by atoms with Crippen LogP contribution in [0, 0.1) is 28.1 Å². The van der Waals surface area contributed by atoms with Crippen molar-refractivity contribution < 1.29 is 14.0 Å². The third kappa shape index (κ3) is 2.33. The van der Waals surface area contributed by atoms with Crippen LogP contribution in [-0.2, 0) is 9.53 Å². The van der Waals surface area contributed by atoms with Crippen molar-refractivity contribution in [3.8, 4) is 6.07 Å². The van der Waals surface area contributed by atoms with E-state index in [0.29, 0.717) is 16.9 Å². The molecule has 0 amide bonds. The van der Waals surface area contributed by atoms with Crippen LogP contribution in [0.2, 0.25) is 0 Å². The van der Waals surface area contributed by atoms with Gasteiger partial charge in [-0.05, 0) is 30.6 Å². The van der Waals surface area contributed by atoms with Gasteiger partial charge in [-0.15, -0.1) is 0 Å². The molecule has 4 heteroatoms. The van der Waals surface area contributed by atoms with E-state index < -0.39 is 0 Å². The number of nitrogens with zero attached hydrogens (tertiary/aromatic N) is 2. The number of carbonyl (C=O) groups excluding carboxylic acids is 1. The van der Waals surface area contributed by atoms with Crippen molar-refractivity contribution in [2.24, 2.45) is 16.7 Å². The van der Waals surface area contributed by atoms with Crippen molar-refractivity contribution in [1.29, 1.82) is 5.26 Å². The summed E-state index contributed by atoms with van der Waals surface area (Å²) in [6, 6.07) is 2.12. The van der Waals surface area contributed by atoms with E-state index in [9.17, 15) is 4.79 Å². The Morgan fingerprint density at radius 2 is 2.05 bits per heavy atom. The fourth-order valence-corrected chi connectivity index (χ4v) is 4.10. The van der Waals surface area contributed by atoms with Gasteiger partial charge in [0.05, 0.1) is 14.1 Å². The Morgan fingerprint density at radius 3 is 2.50 bits per heavy atom. The predicted octanol–water partition coefficient (Wildman–Crippen LogP) is 2.34. The number of carbonyl (C=O) groups is 1. The van der Waals surface area contributed by atoms with Crippen molar-refractivity contribution in [1.82, 2.24) is 0 Å². The molecule has 2 saturated carbocycles. The average Bonchev–Trinajstić information content (AvgIpc) is 2.60. The van der Waals surface area contributed by atoms with Crippen molar-refractivity contribution in [2.75, 3.05) is 27.2 Å². The fraction of sp³-hybridized carbons (Fsp3) is 0.875. The molecule has 0 radical (unpaired) electrons. The second-order valence-electron chi connectivity index (χ2n) is 8.00. The number of rotatable bonds is 4. The van der Waals surface area contributed by atoms with Gasteiger partial charge >= 0.3 is 5.97 Å². The first kappa shape index (κ1) is 15.3. The van der Waals surface area contributed by atoms with Crippen LogP contribution in [0.25, 0.3) is 0 Å². The van der Waals surface area contributed by atoms with Crippen molar-refractivity contribution in [3.05, 3.63) is 0 Å². The Hall–Kier alpha value is -1.08. The third-order valence-corrected chi connectivity index (χ3v) is 6.04. The fourth-order valence-electron chi connectivity index (χ4n) is 4.10. The predicted molar refractivity (Wildman–Crippen MR) is 76.6 cm³/mol. The summed E-state index contributed by atoms with van der Waals surface area (Å²) in [6.45, 7) is 7.49. The molecule has 0 spiro atoms. The Balaban J connectivity index is 1.99. The van der Waals surface area contributed by atoms with Crippen LogP contribution < -0.4 is 0 Å². The van der Waals surface area contributed by atoms with Crippen LogP contribution >= 0.6 is 0 Å². The minimum absolute atomic E-state index is 0.0471.